The van der Waals surface area contributed by atoms with Gasteiger partial charge in [0.25, 0.3) is 0 Å². The lowest BCUT2D eigenvalue weighted by Crippen LogP contribution is -2.61. The van der Waals surface area contributed by atoms with E-state index >= 15 is 0 Å². The number of nitrogens with zero attached hydrogens (tertiary/aromatic N) is 1. The Morgan fingerprint density at radius 1 is 1.00 bits per heavy atom. The molecule has 0 aromatic carbocycles. The van der Waals surface area contributed by atoms with Gasteiger partial charge in [0.05, 0.1) is 0 Å². The molecule has 1 heterocycles. The lowest BCUT2D eigenvalue weighted by atomic mass is 9.65. The van der Waals surface area contributed by atoms with E-state index < -0.39 is 0 Å². The van der Waals surface area contributed by atoms with Crippen LogP contribution >= 0.6 is 0 Å². The maximum Gasteiger partial charge on any atom is 0.0483 e. The minimum Gasteiger partial charge on any atom is -0.394 e. The van der Waals surface area contributed by atoms with Crippen LogP contribution in [0.2, 0.25) is 0 Å². The molecule has 0 aromatic rings. The van der Waals surface area contributed by atoms with Crippen LogP contribution in [0.15, 0.2) is 0 Å². The van der Waals surface area contributed by atoms with E-state index in [-0.39, 0.29) is 6.10 Å². The van der Waals surface area contributed by atoms with Crippen molar-refractivity contribution >= 4 is 0 Å². The molecule has 124 valence electrons. The molecule has 0 bridgehead atoms. The molecule has 3 aliphatic rings. The highest BCUT2D eigenvalue weighted by Crippen LogP contribution is 2.47. The van der Waals surface area contributed by atoms with Gasteiger partial charge in [0.2, 0.25) is 0 Å². The third-order valence-electron chi connectivity index (χ3n) is 5.91. The van der Waals surface area contributed by atoms with Crippen molar-refractivity contribution in [2.24, 2.45) is 11.3 Å². The second-order valence-corrected chi connectivity index (χ2v) is 8.14. The number of likely N-dealkylation sites (tertiary alicyclic amines) is 1. The van der Waals surface area contributed by atoms with Crippen molar-refractivity contribution < 1.29 is 5.11 Å². The summed E-state index contributed by atoms with van der Waals surface area (Å²) in [4.78, 5) is 2.82. The minimum atomic E-state index is -0.167. The van der Waals surface area contributed by atoms with Gasteiger partial charge in [0.1, 0.15) is 0 Å². The Bertz CT molecular complexity index is 277. The van der Waals surface area contributed by atoms with Crippen molar-refractivity contribution in [1.82, 2.24) is 4.90 Å². The molecular weight excluding hydrogens is 258 g/mol. The molecule has 0 radical (unpaired) electrons. The highest BCUT2D eigenvalue weighted by Gasteiger charge is 2.46. The van der Waals surface area contributed by atoms with Crippen LogP contribution in [0.3, 0.4) is 0 Å². The maximum atomic E-state index is 8.06. The Hall–Kier alpha value is -0.0800. The second kappa shape index (κ2) is 7.97. The minimum absolute atomic E-state index is 0.167. The molecule has 0 unspecified atom stereocenters. The predicted molar refractivity (Wildman–Crippen MR) is 90.5 cm³/mol. The van der Waals surface area contributed by atoms with Gasteiger partial charge in [-0.2, -0.15) is 0 Å². The Labute approximate surface area is 132 Å². The summed E-state index contributed by atoms with van der Waals surface area (Å²) in [6.07, 6.45) is 14.8. The number of rotatable bonds is 2. The number of hydrogen-bond acceptors (Lipinski definition) is 2. The van der Waals surface area contributed by atoms with Gasteiger partial charge in [-0.25, -0.2) is 0 Å². The Morgan fingerprint density at radius 3 is 2.00 bits per heavy atom. The number of hydrogen-bond donors (Lipinski definition) is 1. The van der Waals surface area contributed by atoms with Crippen LogP contribution in [0.1, 0.15) is 85.0 Å². The highest BCUT2D eigenvalue weighted by molar-refractivity contribution is 5.00. The number of aliphatic hydroxyl groups excluding tert-OH is 1. The molecular formula is C19H37NO. The van der Waals surface area contributed by atoms with Crippen LogP contribution < -0.4 is 0 Å². The van der Waals surface area contributed by atoms with Crippen LogP contribution in [-0.2, 0) is 0 Å². The van der Waals surface area contributed by atoms with Crippen LogP contribution in [0.4, 0.5) is 0 Å². The van der Waals surface area contributed by atoms with Gasteiger partial charge in [0, 0.05) is 25.2 Å². The predicted octanol–water partition coefficient (Wildman–Crippen LogP) is 4.61. The van der Waals surface area contributed by atoms with Crippen LogP contribution in [0, 0.1) is 11.3 Å². The molecule has 0 amide bonds. The first-order valence-electron chi connectivity index (χ1n) is 9.47. The summed E-state index contributed by atoms with van der Waals surface area (Å²) in [5.41, 5.74) is 0.781. The van der Waals surface area contributed by atoms with E-state index in [1.54, 1.807) is 13.8 Å². The second-order valence-electron chi connectivity index (χ2n) is 8.14. The monoisotopic (exact) mass is 295 g/mol. The molecule has 3 fully saturated rings. The molecule has 0 atom stereocenters. The molecule has 1 saturated heterocycles. The van der Waals surface area contributed by atoms with Crippen molar-refractivity contribution in [3.8, 4) is 0 Å². The van der Waals surface area contributed by atoms with E-state index in [0.29, 0.717) is 0 Å². The standard InChI is InChI=1S/C16H29N.C3H8O/c1-2-14-8-10-16(11-9-14)12-17(13-16)15-6-4-3-5-7-15;1-3(2)4/h14-15H,2-13H2,1H3;3-4H,1-2H3. The average Bonchev–Trinajstić information content (AvgIpc) is 2.45. The number of aliphatic hydroxyl groups is 1. The molecule has 2 nitrogen and oxygen atoms in total. The fourth-order valence-corrected chi connectivity index (χ4v) is 4.53. The van der Waals surface area contributed by atoms with E-state index in [1.165, 1.54) is 77.3 Å². The van der Waals surface area contributed by atoms with Gasteiger partial charge >= 0.3 is 0 Å². The van der Waals surface area contributed by atoms with Crippen molar-refractivity contribution in [2.75, 3.05) is 13.1 Å². The summed E-state index contributed by atoms with van der Waals surface area (Å²) in [6, 6.07) is 0.971. The summed E-state index contributed by atoms with van der Waals surface area (Å²) in [6.45, 7) is 8.72. The molecule has 1 N–H and O–H groups in total. The topological polar surface area (TPSA) is 23.5 Å². The average molecular weight is 296 g/mol. The van der Waals surface area contributed by atoms with Crippen molar-refractivity contribution in [2.45, 2.75) is 97.1 Å². The van der Waals surface area contributed by atoms with Crippen LogP contribution in [0.25, 0.3) is 0 Å². The summed E-state index contributed by atoms with van der Waals surface area (Å²) in [5.74, 6) is 1.06. The first kappa shape index (κ1) is 17.3. The highest BCUT2D eigenvalue weighted by atomic mass is 16.3. The van der Waals surface area contributed by atoms with Gasteiger partial charge in [0.15, 0.2) is 0 Å². The lowest BCUT2D eigenvalue weighted by Gasteiger charge is -2.56. The smallest absolute Gasteiger partial charge is 0.0483 e. The van der Waals surface area contributed by atoms with Gasteiger partial charge in [-0.05, 0) is 63.7 Å². The van der Waals surface area contributed by atoms with Gasteiger partial charge in [-0.3, -0.25) is 4.90 Å². The van der Waals surface area contributed by atoms with E-state index in [4.69, 9.17) is 5.11 Å². The third-order valence-corrected chi connectivity index (χ3v) is 5.91. The van der Waals surface area contributed by atoms with Gasteiger partial charge in [-0.1, -0.05) is 32.6 Å². The first-order valence-corrected chi connectivity index (χ1v) is 9.47. The van der Waals surface area contributed by atoms with E-state index in [0.717, 1.165) is 17.4 Å². The largest absolute Gasteiger partial charge is 0.394 e. The lowest BCUT2D eigenvalue weighted by molar-refractivity contribution is -0.0702. The zero-order valence-corrected chi connectivity index (χ0v) is 14.6. The summed E-state index contributed by atoms with van der Waals surface area (Å²) < 4.78 is 0. The van der Waals surface area contributed by atoms with Crippen molar-refractivity contribution in [3.63, 3.8) is 0 Å². The zero-order valence-electron chi connectivity index (χ0n) is 14.6. The van der Waals surface area contributed by atoms with Crippen molar-refractivity contribution in [1.29, 1.82) is 0 Å². The van der Waals surface area contributed by atoms with Crippen LogP contribution in [0.5, 0.6) is 0 Å². The Balaban J connectivity index is 0.000000361. The fraction of sp³-hybridized carbons (Fsp3) is 1.00. The third kappa shape index (κ3) is 4.96. The maximum absolute atomic E-state index is 8.06. The summed E-state index contributed by atoms with van der Waals surface area (Å²) >= 11 is 0. The summed E-state index contributed by atoms with van der Waals surface area (Å²) in [7, 11) is 0. The quantitative estimate of drug-likeness (QED) is 0.804. The normalized spacial score (nSPS) is 27.3. The summed E-state index contributed by atoms with van der Waals surface area (Å²) in [5, 5.41) is 8.06. The van der Waals surface area contributed by atoms with Crippen molar-refractivity contribution in [3.05, 3.63) is 0 Å². The van der Waals surface area contributed by atoms with Gasteiger partial charge in [-0.15, -0.1) is 0 Å². The zero-order chi connectivity index (χ0) is 15.3. The first-order chi connectivity index (χ1) is 10.0. The fourth-order valence-electron chi connectivity index (χ4n) is 4.53. The molecule has 2 aliphatic carbocycles. The van der Waals surface area contributed by atoms with E-state index in [1.807, 2.05) is 0 Å². The molecule has 0 aromatic heterocycles. The van der Waals surface area contributed by atoms with E-state index in [2.05, 4.69) is 11.8 Å². The molecule has 2 heteroatoms. The van der Waals surface area contributed by atoms with Gasteiger partial charge < -0.3 is 5.11 Å². The van der Waals surface area contributed by atoms with E-state index in [9.17, 15) is 0 Å². The molecule has 2 saturated carbocycles. The Kier molecular flexibility index (Phi) is 6.55. The molecule has 1 spiro atoms. The molecule has 21 heavy (non-hydrogen) atoms. The SMILES string of the molecule is CC(C)O.CCC1CCC2(CC1)CN(C1CCCCC1)C2. The molecule has 3 rings (SSSR count). The van der Waals surface area contributed by atoms with Crippen LogP contribution in [-0.4, -0.2) is 35.2 Å². The molecule has 1 aliphatic heterocycles. The Morgan fingerprint density at radius 2 is 1.52 bits per heavy atom.